The first-order chi connectivity index (χ1) is 8.63. The zero-order valence-corrected chi connectivity index (χ0v) is 11.8. The molecule has 3 nitrogen and oxygen atoms in total. The Hall–Kier alpha value is -1.06. The molecule has 18 heavy (non-hydrogen) atoms. The van der Waals surface area contributed by atoms with Crippen molar-refractivity contribution in [3.8, 4) is 5.75 Å². The molecule has 3 heteroatoms. The van der Waals surface area contributed by atoms with Gasteiger partial charge in [0.05, 0.1) is 20.3 Å². The van der Waals surface area contributed by atoms with Crippen LogP contribution in [-0.4, -0.2) is 33.9 Å². The number of aryl methyl sites for hydroxylation is 2. The van der Waals surface area contributed by atoms with E-state index in [0.717, 1.165) is 31.9 Å². The van der Waals surface area contributed by atoms with Crippen LogP contribution < -0.4 is 10.1 Å². The van der Waals surface area contributed by atoms with E-state index in [1.807, 2.05) is 7.05 Å². The van der Waals surface area contributed by atoms with Crippen LogP contribution >= 0.6 is 0 Å². The fraction of sp³-hybridized carbons (Fsp3) is 0.600. The lowest BCUT2D eigenvalue weighted by atomic mass is 9.74. The number of hydrogen-bond acceptors (Lipinski definition) is 3. The van der Waals surface area contributed by atoms with Crippen molar-refractivity contribution in [2.24, 2.45) is 0 Å². The van der Waals surface area contributed by atoms with Gasteiger partial charge < -0.3 is 14.8 Å². The van der Waals surface area contributed by atoms with Gasteiger partial charge in [-0.05, 0) is 39.4 Å². The molecule has 1 aliphatic rings. The van der Waals surface area contributed by atoms with Gasteiger partial charge in [-0.1, -0.05) is 17.7 Å². The summed E-state index contributed by atoms with van der Waals surface area (Å²) < 4.78 is 11.1. The summed E-state index contributed by atoms with van der Waals surface area (Å²) in [5, 5.41) is 3.23. The fourth-order valence-electron chi connectivity index (χ4n) is 2.77. The molecule has 1 aromatic rings. The third-order valence-electron chi connectivity index (χ3n) is 3.80. The predicted octanol–water partition coefficient (Wildman–Crippen LogP) is 2.19. The highest BCUT2D eigenvalue weighted by molar-refractivity contribution is 5.49. The highest BCUT2D eigenvalue weighted by Gasteiger charge is 2.42. The van der Waals surface area contributed by atoms with Crippen LogP contribution in [0.15, 0.2) is 12.1 Å². The first kappa shape index (κ1) is 13.4. The van der Waals surface area contributed by atoms with E-state index < -0.39 is 0 Å². The van der Waals surface area contributed by atoms with Crippen molar-refractivity contribution in [2.45, 2.75) is 25.7 Å². The Balaban J connectivity index is 2.41. The van der Waals surface area contributed by atoms with Crippen LogP contribution in [0.2, 0.25) is 0 Å². The third kappa shape index (κ3) is 2.25. The van der Waals surface area contributed by atoms with Crippen molar-refractivity contribution in [3.05, 3.63) is 28.8 Å². The second-order valence-corrected chi connectivity index (χ2v) is 5.29. The zero-order chi connectivity index (χ0) is 13.2. The third-order valence-corrected chi connectivity index (χ3v) is 3.80. The number of hydrogen-bond donors (Lipinski definition) is 1. The molecule has 2 rings (SSSR count). The summed E-state index contributed by atoms with van der Waals surface area (Å²) >= 11 is 0. The van der Waals surface area contributed by atoms with E-state index in [0.29, 0.717) is 0 Å². The predicted molar refractivity (Wildman–Crippen MR) is 73.5 cm³/mol. The summed E-state index contributed by atoms with van der Waals surface area (Å²) in [7, 11) is 3.75. The quantitative estimate of drug-likeness (QED) is 0.867. The summed E-state index contributed by atoms with van der Waals surface area (Å²) in [6.07, 6.45) is 1.09. The molecule has 0 aliphatic carbocycles. The second kappa shape index (κ2) is 5.29. The Morgan fingerprint density at radius 1 is 1.33 bits per heavy atom. The largest absolute Gasteiger partial charge is 0.496 e. The summed E-state index contributed by atoms with van der Waals surface area (Å²) in [6.45, 7) is 6.85. The Bertz CT molecular complexity index is 425. The van der Waals surface area contributed by atoms with Gasteiger partial charge in [0.25, 0.3) is 0 Å². The van der Waals surface area contributed by atoms with E-state index in [4.69, 9.17) is 9.47 Å². The van der Waals surface area contributed by atoms with Gasteiger partial charge in [-0.15, -0.1) is 0 Å². The number of methoxy groups -OCH3 is 1. The molecule has 0 aromatic heterocycles. The number of ether oxygens (including phenoxy) is 2. The standard InChI is InChI=1S/C15H23NO2/c1-11-7-12(2)14(17-4)13(8-11)15(5-6-16-3)9-18-10-15/h7-8,16H,5-6,9-10H2,1-4H3. The van der Waals surface area contributed by atoms with Crippen LogP contribution in [0.25, 0.3) is 0 Å². The van der Waals surface area contributed by atoms with Crippen molar-refractivity contribution in [1.82, 2.24) is 5.32 Å². The molecule has 0 unspecified atom stereocenters. The number of rotatable bonds is 5. The van der Waals surface area contributed by atoms with Gasteiger partial charge in [0, 0.05) is 11.0 Å². The van der Waals surface area contributed by atoms with E-state index in [2.05, 4.69) is 31.3 Å². The molecule has 1 aromatic carbocycles. The van der Waals surface area contributed by atoms with Crippen molar-refractivity contribution >= 4 is 0 Å². The van der Waals surface area contributed by atoms with Crippen LogP contribution in [0.1, 0.15) is 23.1 Å². The summed E-state index contributed by atoms with van der Waals surface area (Å²) in [4.78, 5) is 0. The summed E-state index contributed by atoms with van der Waals surface area (Å²) in [6, 6.07) is 4.43. The van der Waals surface area contributed by atoms with Crippen LogP contribution in [0.3, 0.4) is 0 Å². The Morgan fingerprint density at radius 3 is 2.56 bits per heavy atom. The van der Waals surface area contributed by atoms with Crippen LogP contribution in [0.4, 0.5) is 0 Å². The molecule has 0 atom stereocenters. The second-order valence-electron chi connectivity index (χ2n) is 5.29. The van der Waals surface area contributed by atoms with Gasteiger partial charge in [-0.3, -0.25) is 0 Å². The van der Waals surface area contributed by atoms with Crippen molar-refractivity contribution in [3.63, 3.8) is 0 Å². The lowest BCUT2D eigenvalue weighted by Gasteiger charge is -2.43. The van der Waals surface area contributed by atoms with E-state index in [1.165, 1.54) is 16.7 Å². The first-order valence-corrected chi connectivity index (χ1v) is 6.51. The van der Waals surface area contributed by atoms with E-state index >= 15 is 0 Å². The van der Waals surface area contributed by atoms with E-state index in [-0.39, 0.29) is 5.41 Å². The molecule has 100 valence electrons. The molecule has 1 N–H and O–H groups in total. The molecule has 1 saturated heterocycles. The van der Waals surface area contributed by atoms with E-state index in [9.17, 15) is 0 Å². The molecule has 0 spiro atoms. The minimum atomic E-state index is 0.130. The molecular weight excluding hydrogens is 226 g/mol. The number of nitrogens with one attached hydrogen (secondary N) is 1. The molecule has 1 heterocycles. The maximum atomic E-state index is 5.62. The summed E-state index contributed by atoms with van der Waals surface area (Å²) in [5.41, 5.74) is 3.94. The summed E-state index contributed by atoms with van der Waals surface area (Å²) in [5.74, 6) is 1.03. The molecule has 1 aliphatic heterocycles. The Morgan fingerprint density at radius 2 is 2.06 bits per heavy atom. The molecule has 0 bridgehead atoms. The fourth-order valence-corrected chi connectivity index (χ4v) is 2.77. The van der Waals surface area contributed by atoms with Crippen molar-refractivity contribution in [1.29, 1.82) is 0 Å². The molecule has 0 saturated carbocycles. The average Bonchev–Trinajstić information content (AvgIpc) is 2.27. The van der Waals surface area contributed by atoms with Gasteiger partial charge in [0.1, 0.15) is 5.75 Å². The van der Waals surface area contributed by atoms with Gasteiger partial charge in [-0.2, -0.15) is 0 Å². The highest BCUT2D eigenvalue weighted by Crippen LogP contribution is 2.42. The topological polar surface area (TPSA) is 30.5 Å². The maximum Gasteiger partial charge on any atom is 0.125 e. The first-order valence-electron chi connectivity index (χ1n) is 6.51. The minimum Gasteiger partial charge on any atom is -0.496 e. The Kier molecular flexibility index (Phi) is 3.93. The van der Waals surface area contributed by atoms with Crippen LogP contribution in [0, 0.1) is 13.8 Å². The van der Waals surface area contributed by atoms with Gasteiger partial charge >= 0.3 is 0 Å². The van der Waals surface area contributed by atoms with Crippen molar-refractivity contribution in [2.75, 3.05) is 33.9 Å². The lowest BCUT2D eigenvalue weighted by molar-refractivity contribution is -0.0647. The zero-order valence-electron chi connectivity index (χ0n) is 11.8. The van der Waals surface area contributed by atoms with Crippen LogP contribution in [-0.2, 0) is 10.2 Å². The maximum absolute atomic E-state index is 5.62. The van der Waals surface area contributed by atoms with Crippen molar-refractivity contribution < 1.29 is 9.47 Å². The van der Waals surface area contributed by atoms with Crippen LogP contribution in [0.5, 0.6) is 5.75 Å². The highest BCUT2D eigenvalue weighted by atomic mass is 16.5. The average molecular weight is 249 g/mol. The molecule has 0 radical (unpaired) electrons. The molecule has 1 fully saturated rings. The SMILES string of the molecule is CNCCC1(c2cc(C)cc(C)c2OC)COC1. The van der Waals surface area contributed by atoms with Gasteiger partial charge in [0.2, 0.25) is 0 Å². The van der Waals surface area contributed by atoms with Gasteiger partial charge in [-0.25, -0.2) is 0 Å². The smallest absolute Gasteiger partial charge is 0.125 e. The lowest BCUT2D eigenvalue weighted by Crippen LogP contribution is -2.48. The van der Waals surface area contributed by atoms with Gasteiger partial charge in [0.15, 0.2) is 0 Å². The van der Waals surface area contributed by atoms with E-state index in [1.54, 1.807) is 7.11 Å². The monoisotopic (exact) mass is 249 g/mol. The Labute approximate surface area is 109 Å². The number of benzene rings is 1. The molecule has 0 amide bonds. The minimum absolute atomic E-state index is 0.130. The molecular formula is C15H23NO2. The normalized spacial score (nSPS) is 17.3.